The molecule has 2 aromatic carbocycles. The minimum atomic E-state index is 0. The number of benzene rings is 2. The Morgan fingerprint density at radius 3 is 2.44 bits per heavy atom. The number of nitrogen functional groups attached to an aromatic ring is 1. The number of rotatable bonds is 3. The fraction of sp³-hybridized carbons (Fsp3) is 0.118. The van der Waals surface area contributed by atoms with Crippen LogP contribution in [-0.2, 0) is 39.3 Å². The van der Waals surface area contributed by atoms with Crippen molar-refractivity contribution >= 4 is 45.9 Å². The van der Waals surface area contributed by atoms with Crippen molar-refractivity contribution in [3.63, 3.8) is 0 Å². The van der Waals surface area contributed by atoms with E-state index in [1.165, 1.54) is 0 Å². The zero-order chi connectivity index (χ0) is 17.5. The molecule has 0 fully saturated rings. The predicted molar refractivity (Wildman–Crippen MR) is 102 cm³/mol. The Hall–Kier alpha value is -0.976. The van der Waals surface area contributed by atoms with Crippen molar-refractivity contribution < 1.29 is 32.7 Å². The number of nitrogens with two attached hydrogens (primary N) is 1. The summed E-state index contributed by atoms with van der Waals surface area (Å²) in [5, 5.41) is 5.25. The third-order valence-electron chi connectivity index (χ3n) is 3.06. The van der Waals surface area contributed by atoms with Crippen LogP contribution in [0.15, 0.2) is 42.5 Å². The fourth-order valence-electron chi connectivity index (χ4n) is 2.06. The number of hydrogen-bond donors (Lipinski definition) is 2. The van der Waals surface area contributed by atoms with Crippen molar-refractivity contribution in [2.75, 3.05) is 17.6 Å². The van der Waals surface area contributed by atoms with Crippen molar-refractivity contribution in [2.45, 2.75) is 6.54 Å². The first-order valence-electron chi connectivity index (χ1n) is 7.19. The van der Waals surface area contributed by atoms with Gasteiger partial charge >= 0.3 is 0 Å². The van der Waals surface area contributed by atoms with Crippen molar-refractivity contribution in [2.24, 2.45) is 0 Å². The molecule has 8 heteroatoms. The standard InChI is InChI=1S/C15H12Cl2N4.C2H5N.Y/c16-11-6-5-9(7-12(11)17)8-19-14-10-3-1-2-4-13(10)20-15(18)21-14;1-2-3;/h1-7H,8H2,(H3,18,19,20,21);3H,1-2H2;/q;-2;. The van der Waals surface area contributed by atoms with E-state index in [1.54, 1.807) is 6.07 Å². The molecule has 0 atom stereocenters. The minimum Gasteiger partial charge on any atom is -0.704 e. The molecule has 0 saturated carbocycles. The molecule has 5 nitrogen and oxygen atoms in total. The van der Waals surface area contributed by atoms with Crippen LogP contribution in [-0.4, -0.2) is 16.5 Å². The predicted octanol–water partition coefficient (Wildman–Crippen LogP) is 5.00. The number of nitrogens with one attached hydrogen (secondary N) is 2. The minimum absolute atomic E-state index is 0. The number of hydrogen-bond acceptors (Lipinski definition) is 4. The normalized spacial score (nSPS) is 9.76. The molecule has 1 radical (unpaired) electrons. The molecule has 0 aliphatic rings. The number of nitrogens with zero attached hydrogens (tertiary/aromatic N) is 2. The van der Waals surface area contributed by atoms with Crippen LogP contribution >= 0.6 is 23.2 Å². The van der Waals surface area contributed by atoms with Gasteiger partial charge in [-0.05, 0) is 29.8 Å². The molecule has 1 aromatic heterocycles. The summed E-state index contributed by atoms with van der Waals surface area (Å²) in [7, 11) is 0. The van der Waals surface area contributed by atoms with Gasteiger partial charge in [-0.1, -0.05) is 41.4 Å². The van der Waals surface area contributed by atoms with Crippen LogP contribution in [0, 0.1) is 6.92 Å². The quantitative estimate of drug-likeness (QED) is 0.549. The van der Waals surface area contributed by atoms with Crippen LogP contribution < -0.4 is 11.1 Å². The Bertz CT molecular complexity index is 829. The number of halogens is 2. The van der Waals surface area contributed by atoms with Gasteiger partial charge in [0.1, 0.15) is 5.82 Å². The van der Waals surface area contributed by atoms with Crippen molar-refractivity contribution in [3.05, 3.63) is 70.7 Å². The smallest absolute Gasteiger partial charge is 0.222 e. The molecule has 1 heterocycles. The van der Waals surface area contributed by atoms with E-state index in [-0.39, 0.29) is 45.2 Å². The Morgan fingerprint density at radius 1 is 1.08 bits per heavy atom. The molecule has 3 rings (SSSR count). The molecule has 0 amide bonds. The van der Waals surface area contributed by atoms with Gasteiger partial charge in [0.2, 0.25) is 5.95 Å². The van der Waals surface area contributed by atoms with Crippen molar-refractivity contribution in [1.29, 1.82) is 0 Å². The molecule has 3 aromatic rings. The van der Waals surface area contributed by atoms with Crippen LogP contribution in [0.25, 0.3) is 16.6 Å². The number of para-hydroxylation sites is 1. The van der Waals surface area contributed by atoms with E-state index in [0.717, 1.165) is 16.5 Å². The summed E-state index contributed by atoms with van der Waals surface area (Å²) in [4.78, 5) is 8.46. The Kier molecular flexibility index (Phi) is 9.61. The summed E-state index contributed by atoms with van der Waals surface area (Å²) < 4.78 is 0. The average molecular weight is 451 g/mol. The molecule has 0 spiro atoms. The van der Waals surface area contributed by atoms with E-state index >= 15 is 0 Å². The summed E-state index contributed by atoms with van der Waals surface area (Å²) in [5.74, 6) is 0.939. The molecule has 0 bridgehead atoms. The summed E-state index contributed by atoms with van der Waals surface area (Å²) >= 11 is 11.9. The second-order valence-electron chi connectivity index (χ2n) is 4.80. The fourth-order valence-corrected chi connectivity index (χ4v) is 2.39. The molecule has 0 aliphatic carbocycles. The summed E-state index contributed by atoms with van der Waals surface area (Å²) in [6, 6.07) is 13.2. The zero-order valence-electron chi connectivity index (χ0n) is 13.5. The SMILES string of the molecule is Nc1nc(NCc2ccc(Cl)c(Cl)c2)c2ccccc2n1.[CH2-]C[NH-].[Y]. The van der Waals surface area contributed by atoms with E-state index in [4.69, 9.17) is 34.7 Å². The van der Waals surface area contributed by atoms with E-state index in [1.807, 2.05) is 36.4 Å². The van der Waals surface area contributed by atoms with Crippen LogP contribution in [0.4, 0.5) is 11.8 Å². The molecular weight excluding hydrogens is 434 g/mol. The van der Waals surface area contributed by atoms with Gasteiger partial charge in [-0.15, -0.1) is 0 Å². The molecule has 0 unspecified atom stereocenters. The van der Waals surface area contributed by atoms with Gasteiger partial charge in [-0.3, -0.25) is 6.54 Å². The maximum absolute atomic E-state index is 6.10. The third kappa shape index (κ3) is 6.35. The van der Waals surface area contributed by atoms with Crippen LogP contribution in [0.5, 0.6) is 0 Å². The van der Waals surface area contributed by atoms with Crippen LogP contribution in [0.2, 0.25) is 10.0 Å². The maximum atomic E-state index is 6.10. The third-order valence-corrected chi connectivity index (χ3v) is 3.80. The topological polar surface area (TPSA) is 87.6 Å². The van der Waals surface area contributed by atoms with Gasteiger partial charge in [-0.25, -0.2) is 4.98 Å². The Balaban J connectivity index is 0.000000730. The summed E-state index contributed by atoms with van der Waals surface area (Å²) in [6.07, 6.45) is 0. The second kappa shape index (κ2) is 10.9. The monoisotopic (exact) mass is 450 g/mol. The van der Waals surface area contributed by atoms with Gasteiger partial charge in [0.25, 0.3) is 0 Å². The molecule has 129 valence electrons. The number of fused-ring (bicyclic) bond motifs is 1. The molecule has 0 saturated heterocycles. The van der Waals surface area contributed by atoms with Gasteiger partial charge in [0, 0.05) is 44.6 Å². The molecule has 4 N–H and O–H groups in total. The largest absolute Gasteiger partial charge is 0.704 e. The molecule has 25 heavy (non-hydrogen) atoms. The first-order valence-corrected chi connectivity index (χ1v) is 7.94. The van der Waals surface area contributed by atoms with Gasteiger partial charge in [-0.2, -0.15) is 4.98 Å². The van der Waals surface area contributed by atoms with Crippen LogP contribution in [0.1, 0.15) is 5.56 Å². The Morgan fingerprint density at radius 2 is 1.76 bits per heavy atom. The van der Waals surface area contributed by atoms with Gasteiger partial charge in [0.05, 0.1) is 15.6 Å². The summed E-state index contributed by atoms with van der Waals surface area (Å²) in [5.41, 5.74) is 13.6. The van der Waals surface area contributed by atoms with Crippen molar-refractivity contribution in [3.8, 4) is 0 Å². The summed E-state index contributed by atoms with van der Waals surface area (Å²) in [6.45, 7) is 3.97. The first-order chi connectivity index (χ1) is 11.5. The number of aromatic nitrogens is 2. The Labute approximate surface area is 182 Å². The molecule has 0 aliphatic heterocycles. The van der Waals surface area contributed by atoms with E-state index in [0.29, 0.717) is 22.4 Å². The average Bonchev–Trinajstić information content (AvgIpc) is 2.56. The molecular formula is C17H17Cl2N5Y-2. The van der Waals surface area contributed by atoms with Gasteiger partial charge < -0.3 is 23.7 Å². The van der Waals surface area contributed by atoms with E-state index in [2.05, 4.69) is 22.2 Å². The second-order valence-corrected chi connectivity index (χ2v) is 5.61. The zero-order valence-corrected chi connectivity index (χ0v) is 17.8. The van der Waals surface area contributed by atoms with Gasteiger partial charge in [0.15, 0.2) is 0 Å². The van der Waals surface area contributed by atoms with Crippen LogP contribution in [0.3, 0.4) is 0 Å². The van der Waals surface area contributed by atoms with Crippen molar-refractivity contribution in [1.82, 2.24) is 9.97 Å². The first kappa shape index (κ1) is 22.1. The number of anilines is 2. The van der Waals surface area contributed by atoms with E-state index < -0.39 is 0 Å². The van der Waals surface area contributed by atoms with E-state index in [9.17, 15) is 0 Å². The maximum Gasteiger partial charge on any atom is 0.222 e.